The van der Waals surface area contributed by atoms with Gasteiger partial charge in [-0.25, -0.2) is 4.98 Å². The van der Waals surface area contributed by atoms with E-state index in [1.165, 1.54) is 0 Å². The first-order valence-corrected chi connectivity index (χ1v) is 7.09. The van der Waals surface area contributed by atoms with Gasteiger partial charge in [-0.05, 0) is 38.4 Å². The molecule has 4 nitrogen and oxygen atoms in total. The van der Waals surface area contributed by atoms with E-state index >= 15 is 0 Å². The highest BCUT2D eigenvalue weighted by atomic mass is 35.5. The Balaban J connectivity index is 2.06. The topological polar surface area (TPSA) is 68.0 Å². The number of nitrogens with zero attached hydrogens (tertiary/aromatic N) is 1. The molecule has 1 amide bonds. The summed E-state index contributed by atoms with van der Waals surface area (Å²) in [5.41, 5.74) is 4.91. The molecule has 2 atom stereocenters. The lowest BCUT2D eigenvalue weighted by Crippen LogP contribution is -2.52. The van der Waals surface area contributed by atoms with Gasteiger partial charge < -0.3 is 11.1 Å². The molecule has 18 heavy (non-hydrogen) atoms. The molecule has 1 aliphatic rings. The number of pyridine rings is 1. The number of nitrogens with two attached hydrogens (primary N) is 1. The molecule has 1 aromatic rings. The van der Waals surface area contributed by atoms with E-state index in [0.29, 0.717) is 10.3 Å². The first-order chi connectivity index (χ1) is 8.57. The molecule has 98 valence electrons. The Kier molecular flexibility index (Phi) is 4.14. The van der Waals surface area contributed by atoms with Crippen LogP contribution in [0.3, 0.4) is 0 Å². The summed E-state index contributed by atoms with van der Waals surface area (Å²) < 4.78 is 0. The fraction of sp³-hybridized carbons (Fsp3) is 0.500. The molecule has 0 spiro atoms. The Morgan fingerprint density at radius 3 is 3.06 bits per heavy atom. The van der Waals surface area contributed by atoms with Gasteiger partial charge in [0.25, 0.3) is 0 Å². The zero-order chi connectivity index (χ0) is 13.2. The number of likely N-dealkylation sites (N-methyl/N-ethyl adjacent to an activating group) is 1. The van der Waals surface area contributed by atoms with E-state index in [1.807, 2.05) is 12.1 Å². The molecule has 2 rings (SSSR count). The van der Waals surface area contributed by atoms with Crippen molar-refractivity contribution in [2.24, 2.45) is 5.73 Å². The third-order valence-corrected chi connectivity index (χ3v) is 5.12. The van der Waals surface area contributed by atoms with Gasteiger partial charge >= 0.3 is 0 Å². The van der Waals surface area contributed by atoms with Crippen LogP contribution in [0.25, 0.3) is 0 Å². The largest absolute Gasteiger partial charge is 0.368 e. The van der Waals surface area contributed by atoms with Crippen LogP contribution < -0.4 is 11.1 Å². The Morgan fingerprint density at radius 1 is 1.72 bits per heavy atom. The summed E-state index contributed by atoms with van der Waals surface area (Å²) in [6.45, 7) is 0. The average Bonchev–Trinajstić information content (AvgIpc) is 2.77. The number of thioether (sulfide) groups is 1. The van der Waals surface area contributed by atoms with Gasteiger partial charge in [0.1, 0.15) is 5.03 Å². The lowest BCUT2D eigenvalue weighted by Gasteiger charge is -2.24. The molecule has 6 heteroatoms. The molecule has 0 radical (unpaired) electrons. The highest BCUT2D eigenvalue weighted by molar-refractivity contribution is 8.00. The average molecular weight is 286 g/mol. The highest BCUT2D eigenvalue weighted by Crippen LogP contribution is 2.41. The van der Waals surface area contributed by atoms with E-state index in [0.717, 1.165) is 24.3 Å². The molecule has 1 aliphatic carbocycles. The molecule has 1 saturated carbocycles. The maximum atomic E-state index is 11.5. The summed E-state index contributed by atoms with van der Waals surface area (Å²) in [6, 6.07) is 3.63. The van der Waals surface area contributed by atoms with Gasteiger partial charge in [-0.2, -0.15) is 0 Å². The number of hydrogen-bond acceptors (Lipinski definition) is 4. The van der Waals surface area contributed by atoms with Crippen LogP contribution in [0.15, 0.2) is 23.4 Å². The molecule has 0 bridgehead atoms. The number of primary amides is 1. The minimum atomic E-state index is -0.571. The Bertz CT molecular complexity index is 457. The van der Waals surface area contributed by atoms with Gasteiger partial charge in [-0.1, -0.05) is 11.6 Å². The molecular weight excluding hydrogens is 270 g/mol. The van der Waals surface area contributed by atoms with Crippen LogP contribution in [-0.4, -0.2) is 28.7 Å². The first kappa shape index (κ1) is 13.6. The number of amides is 1. The van der Waals surface area contributed by atoms with Gasteiger partial charge in [0.05, 0.1) is 10.6 Å². The van der Waals surface area contributed by atoms with Crippen LogP contribution >= 0.6 is 23.4 Å². The van der Waals surface area contributed by atoms with Crippen LogP contribution in [0.2, 0.25) is 5.02 Å². The maximum absolute atomic E-state index is 11.5. The van der Waals surface area contributed by atoms with Crippen molar-refractivity contribution in [3.05, 3.63) is 23.4 Å². The Labute approximate surface area is 116 Å². The lowest BCUT2D eigenvalue weighted by atomic mass is 9.97. The molecule has 3 N–H and O–H groups in total. The van der Waals surface area contributed by atoms with E-state index in [1.54, 1.807) is 25.0 Å². The van der Waals surface area contributed by atoms with Crippen molar-refractivity contribution in [2.45, 2.75) is 35.1 Å². The summed E-state index contributed by atoms with van der Waals surface area (Å²) in [6.07, 6.45) is 4.14. The number of carbonyl (C=O) groups is 1. The molecule has 1 fully saturated rings. The molecule has 1 aromatic heterocycles. The van der Waals surface area contributed by atoms with Crippen LogP contribution in [0.4, 0.5) is 0 Å². The maximum Gasteiger partial charge on any atom is 0.237 e. The van der Waals surface area contributed by atoms with E-state index in [4.69, 9.17) is 17.3 Å². The second-order valence-electron chi connectivity index (χ2n) is 4.47. The predicted octanol–water partition coefficient (Wildman–Crippen LogP) is 1.82. The van der Waals surface area contributed by atoms with Crippen molar-refractivity contribution < 1.29 is 4.79 Å². The van der Waals surface area contributed by atoms with Gasteiger partial charge in [0, 0.05) is 11.4 Å². The molecule has 0 aliphatic heterocycles. The van der Waals surface area contributed by atoms with Crippen LogP contribution in [0, 0.1) is 0 Å². The smallest absolute Gasteiger partial charge is 0.237 e. The van der Waals surface area contributed by atoms with Gasteiger partial charge in [0.15, 0.2) is 0 Å². The van der Waals surface area contributed by atoms with E-state index in [9.17, 15) is 4.79 Å². The first-order valence-electron chi connectivity index (χ1n) is 5.83. The third-order valence-electron chi connectivity index (χ3n) is 3.42. The second kappa shape index (κ2) is 5.47. The minimum Gasteiger partial charge on any atom is -0.368 e. The van der Waals surface area contributed by atoms with Crippen molar-refractivity contribution in [3.8, 4) is 0 Å². The molecule has 1 heterocycles. The predicted molar refractivity (Wildman–Crippen MR) is 73.7 cm³/mol. The van der Waals surface area contributed by atoms with Crippen molar-refractivity contribution >= 4 is 29.3 Å². The normalized spacial score (nSPS) is 27.3. The fourth-order valence-electron chi connectivity index (χ4n) is 2.29. The summed E-state index contributed by atoms with van der Waals surface area (Å²) in [7, 11) is 1.78. The quantitative estimate of drug-likeness (QED) is 0.885. The third kappa shape index (κ3) is 2.63. The number of halogens is 1. The standard InChI is InChI=1S/C12H16ClN3OS/c1-15-12(11(14)17)5-4-8(7-12)18-10-9(13)3-2-6-16-10/h2-3,6,8,15H,4-5,7H2,1H3,(H2,14,17). The number of hydrogen-bond donors (Lipinski definition) is 2. The van der Waals surface area contributed by atoms with Gasteiger partial charge in [-0.15, -0.1) is 11.8 Å². The van der Waals surface area contributed by atoms with Crippen LogP contribution in [-0.2, 0) is 4.79 Å². The molecule has 2 unspecified atom stereocenters. The monoisotopic (exact) mass is 285 g/mol. The minimum absolute atomic E-state index is 0.278. The second-order valence-corrected chi connectivity index (χ2v) is 6.17. The number of carbonyl (C=O) groups excluding carboxylic acids is 1. The summed E-state index contributed by atoms with van der Waals surface area (Å²) >= 11 is 7.70. The molecular formula is C12H16ClN3OS. The van der Waals surface area contributed by atoms with Crippen molar-refractivity contribution in [1.82, 2.24) is 10.3 Å². The molecule has 0 aromatic carbocycles. The van der Waals surface area contributed by atoms with E-state index in [2.05, 4.69) is 10.3 Å². The van der Waals surface area contributed by atoms with Gasteiger partial charge in [0.2, 0.25) is 5.91 Å². The Morgan fingerprint density at radius 2 is 2.50 bits per heavy atom. The summed E-state index contributed by atoms with van der Waals surface area (Å²) in [4.78, 5) is 15.8. The van der Waals surface area contributed by atoms with Crippen molar-refractivity contribution in [3.63, 3.8) is 0 Å². The highest BCUT2D eigenvalue weighted by Gasteiger charge is 2.43. The Hall–Kier alpha value is -0.780. The van der Waals surface area contributed by atoms with Crippen LogP contribution in [0.5, 0.6) is 0 Å². The van der Waals surface area contributed by atoms with Crippen LogP contribution in [0.1, 0.15) is 19.3 Å². The zero-order valence-corrected chi connectivity index (χ0v) is 11.7. The number of aromatic nitrogens is 1. The van der Waals surface area contributed by atoms with Crippen molar-refractivity contribution in [2.75, 3.05) is 7.05 Å². The number of nitrogens with one attached hydrogen (secondary N) is 1. The molecule has 0 saturated heterocycles. The summed E-state index contributed by atoms with van der Waals surface area (Å²) in [5.74, 6) is -0.278. The van der Waals surface area contributed by atoms with Crippen molar-refractivity contribution in [1.29, 1.82) is 0 Å². The summed E-state index contributed by atoms with van der Waals surface area (Å²) in [5, 5.41) is 4.86. The van der Waals surface area contributed by atoms with Gasteiger partial charge in [-0.3, -0.25) is 4.79 Å². The fourth-order valence-corrected chi connectivity index (χ4v) is 3.77. The SMILES string of the molecule is CNC1(C(N)=O)CCC(Sc2ncccc2Cl)C1. The number of rotatable bonds is 4. The lowest BCUT2D eigenvalue weighted by molar-refractivity contribution is -0.124. The zero-order valence-electron chi connectivity index (χ0n) is 10.1. The van der Waals surface area contributed by atoms with E-state index in [-0.39, 0.29) is 5.91 Å². The van der Waals surface area contributed by atoms with E-state index < -0.39 is 5.54 Å².